The van der Waals surface area contributed by atoms with Gasteiger partial charge in [-0.3, -0.25) is 4.79 Å². The Morgan fingerprint density at radius 2 is 1.86 bits per heavy atom. The lowest BCUT2D eigenvalue weighted by Gasteiger charge is -2.30. The van der Waals surface area contributed by atoms with Crippen LogP contribution in [0.1, 0.15) is 40.2 Å². The Bertz CT molecular complexity index is 1350. The first kappa shape index (κ1) is 24.0. The third-order valence-electron chi connectivity index (χ3n) is 6.71. The number of hydrogen-bond acceptors (Lipinski definition) is 6. The van der Waals surface area contributed by atoms with Crippen molar-refractivity contribution >= 4 is 17.5 Å². The van der Waals surface area contributed by atoms with E-state index in [1.165, 1.54) is 0 Å². The molecule has 7 nitrogen and oxygen atoms in total. The molecule has 2 aromatic carbocycles. The molecule has 0 N–H and O–H groups in total. The van der Waals surface area contributed by atoms with Gasteiger partial charge in [0.1, 0.15) is 0 Å². The number of benzene rings is 2. The third kappa shape index (κ3) is 4.97. The number of carbonyl (C=O) groups excluding carboxylic acids is 1. The lowest BCUT2D eigenvalue weighted by atomic mass is 9.77. The van der Waals surface area contributed by atoms with Gasteiger partial charge >= 0.3 is 0 Å². The summed E-state index contributed by atoms with van der Waals surface area (Å²) in [5, 5.41) is 4.63. The van der Waals surface area contributed by atoms with Crippen molar-refractivity contribution in [1.29, 1.82) is 0 Å². The normalized spacial score (nSPS) is 19.4. The molecule has 1 aliphatic heterocycles. The van der Waals surface area contributed by atoms with Crippen molar-refractivity contribution in [3.8, 4) is 17.3 Å². The quantitative estimate of drug-likeness (QED) is 0.335. The van der Waals surface area contributed by atoms with E-state index in [1.54, 1.807) is 13.1 Å². The van der Waals surface area contributed by atoms with Crippen LogP contribution in [-0.4, -0.2) is 45.6 Å². The van der Waals surface area contributed by atoms with E-state index in [9.17, 15) is 4.79 Å². The molecule has 4 aromatic rings. The van der Waals surface area contributed by atoms with Crippen LogP contribution in [0.25, 0.3) is 11.4 Å². The predicted octanol–water partition coefficient (Wildman–Crippen LogP) is 5.73. The monoisotopic (exact) mass is 502 g/mol. The van der Waals surface area contributed by atoms with Crippen molar-refractivity contribution in [2.24, 2.45) is 5.41 Å². The SMILES string of the molecule is Cc1ccc(OC[C@@]2(C)CN(C(=O)c3ccc(-c4noc(C)n4)cc3)C[C@@H]2c2ccc(Cl)cc2)nc1. The van der Waals surface area contributed by atoms with Gasteiger partial charge in [0.05, 0.1) is 6.61 Å². The number of hydrogen-bond donors (Lipinski definition) is 0. The van der Waals surface area contributed by atoms with Gasteiger partial charge in [0.25, 0.3) is 5.91 Å². The molecule has 2 atom stereocenters. The van der Waals surface area contributed by atoms with Gasteiger partial charge in [-0.05, 0) is 42.3 Å². The van der Waals surface area contributed by atoms with Crippen LogP contribution in [0.4, 0.5) is 0 Å². The average Bonchev–Trinajstić information content (AvgIpc) is 3.47. The van der Waals surface area contributed by atoms with Crippen LogP contribution in [0, 0.1) is 19.3 Å². The van der Waals surface area contributed by atoms with Crippen LogP contribution in [0.3, 0.4) is 0 Å². The smallest absolute Gasteiger partial charge is 0.253 e. The Morgan fingerprint density at radius 1 is 1.11 bits per heavy atom. The summed E-state index contributed by atoms with van der Waals surface area (Å²) in [6.07, 6.45) is 1.79. The summed E-state index contributed by atoms with van der Waals surface area (Å²) in [4.78, 5) is 24.1. The highest BCUT2D eigenvalue weighted by molar-refractivity contribution is 6.30. The van der Waals surface area contributed by atoms with Gasteiger partial charge in [-0.15, -0.1) is 0 Å². The van der Waals surface area contributed by atoms with Crippen molar-refractivity contribution in [1.82, 2.24) is 20.0 Å². The molecular weight excluding hydrogens is 476 g/mol. The zero-order valence-electron chi connectivity index (χ0n) is 20.4. The molecule has 3 heterocycles. The molecule has 1 aliphatic rings. The van der Waals surface area contributed by atoms with Crippen LogP contribution < -0.4 is 4.74 Å². The maximum atomic E-state index is 13.5. The molecule has 0 saturated carbocycles. The largest absolute Gasteiger partial charge is 0.477 e. The molecule has 36 heavy (non-hydrogen) atoms. The summed E-state index contributed by atoms with van der Waals surface area (Å²) < 4.78 is 11.2. The van der Waals surface area contributed by atoms with E-state index in [-0.39, 0.29) is 17.2 Å². The topological polar surface area (TPSA) is 81.4 Å². The van der Waals surface area contributed by atoms with E-state index in [0.717, 1.165) is 16.7 Å². The molecule has 0 radical (unpaired) electrons. The Morgan fingerprint density at radius 3 is 2.50 bits per heavy atom. The Kier molecular flexibility index (Phi) is 6.49. The van der Waals surface area contributed by atoms with Crippen molar-refractivity contribution in [3.63, 3.8) is 0 Å². The van der Waals surface area contributed by atoms with Gasteiger partial charge in [0.2, 0.25) is 17.6 Å². The first-order chi connectivity index (χ1) is 17.3. The molecule has 5 rings (SSSR count). The standard InChI is InChI=1S/C28H27ClN4O3/c1-18-4-13-25(30-14-18)35-17-28(3)16-33(15-24(28)20-9-11-23(29)12-10-20)27(34)22-7-5-21(6-8-22)26-31-19(2)36-32-26/h4-14,24H,15-17H2,1-3H3/t24-,28-/m1/s1. The van der Waals surface area contributed by atoms with Gasteiger partial charge < -0.3 is 14.2 Å². The minimum absolute atomic E-state index is 0.0259. The first-order valence-electron chi connectivity index (χ1n) is 11.8. The second kappa shape index (κ2) is 9.74. The summed E-state index contributed by atoms with van der Waals surface area (Å²) in [6, 6.07) is 19.0. The van der Waals surface area contributed by atoms with Crippen LogP contribution in [0.2, 0.25) is 5.02 Å². The highest BCUT2D eigenvalue weighted by Crippen LogP contribution is 2.44. The Hall–Kier alpha value is -3.71. The van der Waals surface area contributed by atoms with Crippen LogP contribution in [0.15, 0.2) is 71.4 Å². The van der Waals surface area contributed by atoms with E-state index in [2.05, 4.69) is 22.0 Å². The number of amides is 1. The van der Waals surface area contributed by atoms with Crippen LogP contribution >= 0.6 is 11.6 Å². The summed E-state index contributed by atoms with van der Waals surface area (Å²) in [7, 11) is 0. The van der Waals surface area contributed by atoms with Crippen molar-refractivity contribution in [2.75, 3.05) is 19.7 Å². The number of likely N-dealkylation sites (tertiary alicyclic amines) is 1. The summed E-state index contributed by atoms with van der Waals surface area (Å²) in [5.41, 5.74) is 3.29. The fourth-order valence-corrected chi connectivity index (χ4v) is 4.82. The van der Waals surface area contributed by atoms with Crippen molar-refractivity contribution < 1.29 is 14.1 Å². The number of halogens is 1. The fraction of sp³-hybridized carbons (Fsp3) is 0.286. The van der Waals surface area contributed by atoms with E-state index < -0.39 is 0 Å². The van der Waals surface area contributed by atoms with E-state index in [1.807, 2.05) is 72.5 Å². The maximum absolute atomic E-state index is 13.5. The van der Waals surface area contributed by atoms with Crippen molar-refractivity contribution in [2.45, 2.75) is 26.7 Å². The lowest BCUT2D eigenvalue weighted by molar-refractivity contribution is 0.0758. The number of nitrogens with zero attached hydrogens (tertiary/aromatic N) is 4. The maximum Gasteiger partial charge on any atom is 0.253 e. The number of rotatable bonds is 6. The minimum Gasteiger partial charge on any atom is -0.477 e. The summed E-state index contributed by atoms with van der Waals surface area (Å²) in [6.45, 7) is 7.45. The molecule has 0 bridgehead atoms. The summed E-state index contributed by atoms with van der Waals surface area (Å²) >= 11 is 6.15. The number of pyridine rings is 1. The van der Waals surface area contributed by atoms with Gasteiger partial charge in [-0.1, -0.05) is 54.0 Å². The molecule has 2 aromatic heterocycles. The zero-order valence-corrected chi connectivity index (χ0v) is 21.2. The molecular formula is C28H27ClN4O3. The molecule has 0 spiro atoms. The number of aryl methyl sites for hydroxylation is 2. The van der Waals surface area contributed by atoms with Crippen LogP contribution in [-0.2, 0) is 0 Å². The molecule has 184 valence electrons. The molecule has 0 aliphatic carbocycles. The molecule has 0 unspecified atom stereocenters. The Balaban J connectivity index is 1.37. The second-order valence-corrected chi connectivity index (χ2v) is 10.1. The Labute approximate surface area is 215 Å². The minimum atomic E-state index is -0.321. The number of ether oxygens (including phenoxy) is 1. The molecule has 8 heteroatoms. The summed E-state index contributed by atoms with van der Waals surface area (Å²) in [5.74, 6) is 1.63. The van der Waals surface area contributed by atoms with E-state index in [0.29, 0.717) is 47.9 Å². The zero-order chi connectivity index (χ0) is 25.3. The van der Waals surface area contributed by atoms with Gasteiger partial charge in [0, 0.05) is 59.8 Å². The molecule has 1 amide bonds. The number of aromatic nitrogens is 3. The van der Waals surface area contributed by atoms with Gasteiger partial charge in [-0.2, -0.15) is 4.98 Å². The van der Waals surface area contributed by atoms with Crippen molar-refractivity contribution in [3.05, 3.63) is 94.5 Å². The molecule has 1 saturated heterocycles. The van der Waals surface area contributed by atoms with Crippen LogP contribution in [0.5, 0.6) is 5.88 Å². The predicted molar refractivity (Wildman–Crippen MR) is 137 cm³/mol. The van der Waals surface area contributed by atoms with E-state index in [4.69, 9.17) is 20.9 Å². The number of carbonyl (C=O) groups is 1. The van der Waals surface area contributed by atoms with Gasteiger partial charge in [0.15, 0.2) is 0 Å². The average molecular weight is 503 g/mol. The third-order valence-corrected chi connectivity index (χ3v) is 6.96. The highest BCUT2D eigenvalue weighted by Gasteiger charge is 2.46. The second-order valence-electron chi connectivity index (χ2n) is 9.62. The lowest BCUT2D eigenvalue weighted by Crippen LogP contribution is -2.35. The highest BCUT2D eigenvalue weighted by atomic mass is 35.5. The van der Waals surface area contributed by atoms with Gasteiger partial charge in [-0.25, -0.2) is 4.98 Å². The van der Waals surface area contributed by atoms with E-state index >= 15 is 0 Å². The molecule has 1 fully saturated rings. The first-order valence-corrected chi connectivity index (χ1v) is 12.2. The fourth-order valence-electron chi connectivity index (χ4n) is 4.69.